The van der Waals surface area contributed by atoms with Crippen LogP contribution in [0.15, 0.2) is 78.1 Å². The van der Waals surface area contributed by atoms with E-state index in [1.807, 2.05) is 49.5 Å². The molecular formula is C26H25N3. The minimum Gasteiger partial charge on any atom is -0.264 e. The zero-order valence-corrected chi connectivity index (χ0v) is 17.2. The Morgan fingerprint density at radius 1 is 1.14 bits per heavy atom. The molecule has 1 aromatic heterocycles. The van der Waals surface area contributed by atoms with E-state index in [2.05, 4.69) is 49.2 Å². The maximum absolute atomic E-state index is 9.39. The van der Waals surface area contributed by atoms with Crippen LogP contribution in [0, 0.1) is 18.3 Å². The van der Waals surface area contributed by atoms with Gasteiger partial charge < -0.3 is 0 Å². The summed E-state index contributed by atoms with van der Waals surface area (Å²) < 4.78 is 0. The van der Waals surface area contributed by atoms with Crippen LogP contribution in [0.1, 0.15) is 48.9 Å². The molecular weight excluding hydrogens is 354 g/mol. The van der Waals surface area contributed by atoms with E-state index in [4.69, 9.17) is 4.99 Å². The second kappa shape index (κ2) is 9.61. The number of allylic oxidation sites excluding steroid dienone is 1. The first-order valence-electron chi connectivity index (χ1n) is 9.90. The van der Waals surface area contributed by atoms with Crippen molar-refractivity contribution in [2.24, 2.45) is 4.99 Å². The molecule has 2 aromatic carbocycles. The third-order valence-electron chi connectivity index (χ3n) is 4.85. The minimum atomic E-state index is 0.686. The molecule has 0 aliphatic carbocycles. The van der Waals surface area contributed by atoms with Crippen molar-refractivity contribution in [3.05, 3.63) is 95.3 Å². The third kappa shape index (κ3) is 4.86. The van der Waals surface area contributed by atoms with Crippen LogP contribution in [0.25, 0.3) is 16.8 Å². The van der Waals surface area contributed by atoms with Gasteiger partial charge in [0.1, 0.15) is 0 Å². The van der Waals surface area contributed by atoms with Crippen LogP contribution < -0.4 is 0 Å². The van der Waals surface area contributed by atoms with E-state index in [0.29, 0.717) is 5.56 Å². The molecule has 0 saturated heterocycles. The molecule has 144 valence electrons. The van der Waals surface area contributed by atoms with Gasteiger partial charge in [-0.3, -0.25) is 9.98 Å². The fourth-order valence-corrected chi connectivity index (χ4v) is 3.33. The topological polar surface area (TPSA) is 49.0 Å². The maximum Gasteiger partial charge on any atom is 0.0998 e. The van der Waals surface area contributed by atoms with Crippen molar-refractivity contribution in [1.82, 2.24) is 4.98 Å². The molecule has 0 radical (unpaired) electrons. The van der Waals surface area contributed by atoms with Gasteiger partial charge in [0.05, 0.1) is 17.3 Å². The number of hydrogen-bond acceptors (Lipinski definition) is 3. The van der Waals surface area contributed by atoms with Crippen molar-refractivity contribution in [3.8, 4) is 17.2 Å². The summed E-state index contributed by atoms with van der Waals surface area (Å²) in [5.41, 5.74) is 7.88. The standard InChI is InChI=1S/C26H25N3/c1-4-5-12-26(23-10-8-15-28-18-23)29-20(3)24-14-13-21(16-19(24)2)25-11-7-6-9-22(25)17-27/h6-16,18H,4-5H2,1-3H3/b26-12+,29-20?. The molecule has 0 amide bonds. The van der Waals surface area contributed by atoms with Crippen molar-refractivity contribution in [2.75, 3.05) is 0 Å². The quantitative estimate of drug-likeness (QED) is 0.454. The zero-order valence-electron chi connectivity index (χ0n) is 17.2. The van der Waals surface area contributed by atoms with Gasteiger partial charge in [-0.05, 0) is 60.7 Å². The second-order valence-electron chi connectivity index (χ2n) is 7.00. The predicted molar refractivity (Wildman–Crippen MR) is 121 cm³/mol. The fraction of sp³-hybridized carbons (Fsp3) is 0.192. The highest BCUT2D eigenvalue weighted by atomic mass is 14.8. The number of aromatic nitrogens is 1. The van der Waals surface area contributed by atoms with E-state index in [1.165, 1.54) is 0 Å². The van der Waals surface area contributed by atoms with Crippen LogP contribution in [-0.2, 0) is 0 Å². The summed E-state index contributed by atoms with van der Waals surface area (Å²) in [6.07, 6.45) is 7.86. The van der Waals surface area contributed by atoms with Crippen molar-refractivity contribution in [3.63, 3.8) is 0 Å². The van der Waals surface area contributed by atoms with Gasteiger partial charge in [0, 0.05) is 23.7 Å². The molecule has 0 spiro atoms. The molecule has 0 unspecified atom stereocenters. The number of hydrogen-bond donors (Lipinski definition) is 0. The zero-order chi connectivity index (χ0) is 20.6. The number of rotatable bonds is 6. The Hall–Kier alpha value is -3.51. The van der Waals surface area contributed by atoms with Gasteiger partial charge in [-0.15, -0.1) is 0 Å². The Bertz CT molecular complexity index is 1090. The SMILES string of the molecule is CCC/C=C(/N=C(C)c1ccc(-c2ccccc2C#N)cc1C)c1cccnc1. The summed E-state index contributed by atoms with van der Waals surface area (Å²) in [6.45, 7) is 6.30. The summed E-state index contributed by atoms with van der Waals surface area (Å²) in [7, 11) is 0. The summed E-state index contributed by atoms with van der Waals surface area (Å²) in [5, 5.41) is 9.39. The van der Waals surface area contributed by atoms with Gasteiger partial charge in [-0.25, -0.2) is 0 Å². The van der Waals surface area contributed by atoms with Gasteiger partial charge in [0.15, 0.2) is 0 Å². The normalized spacial score (nSPS) is 11.9. The van der Waals surface area contributed by atoms with Crippen LogP contribution in [-0.4, -0.2) is 10.7 Å². The molecule has 0 aliphatic rings. The van der Waals surface area contributed by atoms with E-state index < -0.39 is 0 Å². The average molecular weight is 380 g/mol. The van der Waals surface area contributed by atoms with Crippen LogP contribution in [0.4, 0.5) is 0 Å². The lowest BCUT2D eigenvalue weighted by atomic mass is 9.95. The molecule has 3 aromatic rings. The summed E-state index contributed by atoms with van der Waals surface area (Å²) >= 11 is 0. The Balaban J connectivity index is 1.98. The van der Waals surface area contributed by atoms with Crippen LogP contribution >= 0.6 is 0 Å². The predicted octanol–water partition coefficient (Wildman–Crippen LogP) is 6.58. The van der Waals surface area contributed by atoms with Crippen molar-refractivity contribution < 1.29 is 0 Å². The fourth-order valence-electron chi connectivity index (χ4n) is 3.33. The molecule has 3 rings (SSSR count). The van der Waals surface area contributed by atoms with Gasteiger partial charge in [0.25, 0.3) is 0 Å². The maximum atomic E-state index is 9.39. The number of aliphatic imine (C=N–C) groups is 1. The van der Waals surface area contributed by atoms with Gasteiger partial charge >= 0.3 is 0 Å². The molecule has 0 atom stereocenters. The van der Waals surface area contributed by atoms with Gasteiger partial charge in [-0.2, -0.15) is 5.26 Å². The van der Waals surface area contributed by atoms with E-state index in [0.717, 1.165) is 52.1 Å². The Morgan fingerprint density at radius 2 is 1.97 bits per heavy atom. The Labute approximate surface area is 173 Å². The van der Waals surface area contributed by atoms with Crippen LogP contribution in [0.3, 0.4) is 0 Å². The van der Waals surface area contributed by atoms with E-state index in [1.54, 1.807) is 6.20 Å². The number of nitriles is 1. The summed E-state index contributed by atoms with van der Waals surface area (Å²) in [4.78, 5) is 9.17. The number of aryl methyl sites for hydroxylation is 1. The second-order valence-corrected chi connectivity index (χ2v) is 7.00. The highest BCUT2D eigenvalue weighted by molar-refractivity contribution is 6.03. The largest absolute Gasteiger partial charge is 0.264 e. The Morgan fingerprint density at radius 3 is 2.66 bits per heavy atom. The average Bonchev–Trinajstić information content (AvgIpc) is 2.76. The van der Waals surface area contributed by atoms with Gasteiger partial charge in [0.2, 0.25) is 0 Å². The number of nitrogens with zero attached hydrogens (tertiary/aromatic N) is 3. The monoisotopic (exact) mass is 379 g/mol. The van der Waals surface area contributed by atoms with E-state index >= 15 is 0 Å². The number of benzene rings is 2. The summed E-state index contributed by atoms with van der Waals surface area (Å²) in [5.74, 6) is 0. The summed E-state index contributed by atoms with van der Waals surface area (Å²) in [6, 6.07) is 20.2. The molecule has 0 aliphatic heterocycles. The van der Waals surface area contributed by atoms with E-state index in [-0.39, 0.29) is 0 Å². The number of pyridine rings is 1. The number of unbranched alkanes of at least 4 members (excludes halogenated alkanes) is 1. The third-order valence-corrected chi connectivity index (χ3v) is 4.85. The lowest BCUT2D eigenvalue weighted by molar-refractivity contribution is 0.958. The first-order chi connectivity index (χ1) is 14.1. The van der Waals surface area contributed by atoms with E-state index in [9.17, 15) is 5.26 Å². The minimum absolute atomic E-state index is 0.686. The van der Waals surface area contributed by atoms with Crippen LogP contribution in [0.5, 0.6) is 0 Å². The lowest BCUT2D eigenvalue weighted by Gasteiger charge is -2.11. The molecule has 3 nitrogen and oxygen atoms in total. The molecule has 3 heteroatoms. The highest BCUT2D eigenvalue weighted by Gasteiger charge is 2.09. The highest BCUT2D eigenvalue weighted by Crippen LogP contribution is 2.26. The molecule has 0 bridgehead atoms. The van der Waals surface area contributed by atoms with Crippen LogP contribution in [0.2, 0.25) is 0 Å². The molecule has 0 saturated carbocycles. The molecule has 0 fully saturated rings. The first kappa shape index (κ1) is 20.2. The van der Waals surface area contributed by atoms with Gasteiger partial charge in [-0.1, -0.05) is 55.8 Å². The van der Waals surface area contributed by atoms with Crippen molar-refractivity contribution in [1.29, 1.82) is 5.26 Å². The molecule has 29 heavy (non-hydrogen) atoms. The first-order valence-corrected chi connectivity index (χ1v) is 9.90. The smallest absolute Gasteiger partial charge is 0.0998 e. The van der Waals surface area contributed by atoms with Crippen molar-refractivity contribution >= 4 is 11.4 Å². The Kier molecular flexibility index (Phi) is 6.71. The van der Waals surface area contributed by atoms with Crippen molar-refractivity contribution in [2.45, 2.75) is 33.6 Å². The molecule has 1 heterocycles. The molecule has 0 N–H and O–H groups in total. The lowest BCUT2D eigenvalue weighted by Crippen LogP contribution is -2.00.